The lowest BCUT2D eigenvalue weighted by Gasteiger charge is -2.06. The van der Waals surface area contributed by atoms with Gasteiger partial charge in [-0.25, -0.2) is 5.43 Å². The molecule has 0 aliphatic rings. The van der Waals surface area contributed by atoms with Crippen molar-refractivity contribution in [2.24, 2.45) is 5.10 Å². The Bertz CT molecular complexity index is 808. The number of benzene rings is 2. The van der Waals surface area contributed by atoms with Gasteiger partial charge >= 0.3 is 0 Å². The largest absolute Gasteiger partial charge is 0.504 e. The van der Waals surface area contributed by atoms with Crippen LogP contribution < -0.4 is 15.5 Å². The fourth-order valence-corrected chi connectivity index (χ4v) is 2.11. The van der Waals surface area contributed by atoms with Crippen LogP contribution in [0.25, 0.3) is 0 Å². The minimum atomic E-state index is -0.608. The van der Waals surface area contributed by atoms with Crippen molar-refractivity contribution >= 4 is 35.3 Å². The van der Waals surface area contributed by atoms with Gasteiger partial charge in [-0.15, -0.1) is 0 Å². The van der Waals surface area contributed by atoms with Crippen LogP contribution in [0.4, 0.5) is 5.69 Å². The third kappa shape index (κ3) is 5.22. The molecule has 2 amide bonds. The van der Waals surface area contributed by atoms with Crippen LogP contribution in [0.3, 0.4) is 0 Å². The maximum absolute atomic E-state index is 11.8. The highest BCUT2D eigenvalue weighted by atomic mass is 35.5. The van der Waals surface area contributed by atoms with Crippen molar-refractivity contribution in [2.75, 3.05) is 12.4 Å². The minimum Gasteiger partial charge on any atom is -0.504 e. The van der Waals surface area contributed by atoms with E-state index in [9.17, 15) is 14.7 Å². The van der Waals surface area contributed by atoms with E-state index >= 15 is 0 Å². The Kier molecular flexibility index (Phi) is 6.36. The van der Waals surface area contributed by atoms with Crippen LogP contribution in [0.1, 0.15) is 12.0 Å². The molecule has 2 aromatic rings. The highest BCUT2D eigenvalue weighted by molar-refractivity contribution is 6.33. The predicted octanol–water partition coefficient (Wildman–Crippen LogP) is 2.53. The highest BCUT2D eigenvalue weighted by Crippen LogP contribution is 2.27. The number of hydrogen-bond donors (Lipinski definition) is 3. The number of ether oxygens (including phenoxy) is 1. The third-order valence-corrected chi connectivity index (χ3v) is 3.44. The van der Waals surface area contributed by atoms with Crippen LogP contribution in [0, 0.1) is 0 Å². The van der Waals surface area contributed by atoms with Crippen molar-refractivity contribution in [1.29, 1.82) is 0 Å². The molecule has 0 radical (unpaired) electrons. The number of halogens is 1. The number of hydrazone groups is 1. The van der Waals surface area contributed by atoms with E-state index in [4.69, 9.17) is 16.3 Å². The molecule has 0 atom stereocenters. The molecule has 0 fully saturated rings. The van der Waals surface area contributed by atoms with E-state index in [1.807, 2.05) is 0 Å². The lowest BCUT2D eigenvalue weighted by atomic mass is 10.2. The van der Waals surface area contributed by atoms with Crippen molar-refractivity contribution in [2.45, 2.75) is 6.42 Å². The predicted molar refractivity (Wildman–Crippen MR) is 95.1 cm³/mol. The van der Waals surface area contributed by atoms with Crippen molar-refractivity contribution in [3.05, 3.63) is 53.1 Å². The molecule has 0 aliphatic carbocycles. The van der Waals surface area contributed by atoms with Crippen LogP contribution in [-0.4, -0.2) is 30.2 Å². The first-order valence-corrected chi connectivity index (χ1v) is 7.61. The number of amides is 2. The number of nitrogens with one attached hydrogen (secondary N) is 2. The molecule has 2 rings (SSSR count). The lowest BCUT2D eigenvalue weighted by molar-refractivity contribution is -0.126. The van der Waals surface area contributed by atoms with E-state index in [1.54, 1.807) is 42.5 Å². The average molecular weight is 362 g/mol. The van der Waals surface area contributed by atoms with Crippen molar-refractivity contribution in [1.82, 2.24) is 5.43 Å². The normalized spacial score (nSPS) is 10.5. The van der Waals surface area contributed by atoms with Crippen LogP contribution in [-0.2, 0) is 9.59 Å². The fraction of sp³-hybridized carbons (Fsp3) is 0.118. The molecule has 0 spiro atoms. The molecule has 25 heavy (non-hydrogen) atoms. The molecule has 2 aromatic carbocycles. The number of carbonyl (C=O) groups excluding carboxylic acids is 2. The number of hydrogen-bond acceptors (Lipinski definition) is 5. The first kappa shape index (κ1) is 18.3. The maximum atomic E-state index is 11.8. The monoisotopic (exact) mass is 361 g/mol. The molecule has 0 saturated carbocycles. The van der Waals surface area contributed by atoms with Crippen molar-refractivity contribution in [3.8, 4) is 11.5 Å². The Labute approximate surface area is 149 Å². The van der Waals surface area contributed by atoms with Gasteiger partial charge in [-0.1, -0.05) is 29.8 Å². The van der Waals surface area contributed by atoms with E-state index in [2.05, 4.69) is 15.8 Å². The zero-order valence-corrected chi connectivity index (χ0v) is 14.1. The number of phenolic OH excluding ortho intramolecular Hbond substituents is 1. The van der Waals surface area contributed by atoms with Gasteiger partial charge in [0.05, 0.1) is 24.0 Å². The first-order valence-electron chi connectivity index (χ1n) is 7.23. The zero-order chi connectivity index (χ0) is 18.2. The van der Waals surface area contributed by atoms with E-state index in [0.29, 0.717) is 16.3 Å². The summed E-state index contributed by atoms with van der Waals surface area (Å²) in [7, 11) is 1.43. The average Bonchev–Trinajstić information content (AvgIpc) is 2.58. The Hall–Kier alpha value is -3.06. The smallest absolute Gasteiger partial charge is 0.249 e. The summed E-state index contributed by atoms with van der Waals surface area (Å²) in [6.45, 7) is 0. The molecule has 0 unspecified atom stereocenters. The standard InChI is InChI=1S/C17H16ClN3O4/c1-25-14-8-4-5-11(17(14)24)10-19-21-16(23)9-15(22)20-13-7-3-2-6-12(13)18/h2-8,10,24H,9H2,1H3,(H,20,22)(H,21,23)/b19-10+. The molecule has 3 N–H and O–H groups in total. The number of rotatable bonds is 6. The molecule has 130 valence electrons. The van der Waals surface area contributed by atoms with E-state index in [0.717, 1.165) is 0 Å². The second-order valence-electron chi connectivity index (χ2n) is 4.90. The maximum Gasteiger partial charge on any atom is 0.249 e. The van der Waals surface area contributed by atoms with Gasteiger partial charge in [-0.05, 0) is 24.3 Å². The molecule has 0 aliphatic heterocycles. The first-order chi connectivity index (χ1) is 12.0. The molecule has 0 saturated heterocycles. The molecular weight excluding hydrogens is 346 g/mol. The number of carbonyl (C=O) groups is 2. The minimum absolute atomic E-state index is 0.0977. The second-order valence-corrected chi connectivity index (χ2v) is 5.30. The Morgan fingerprint density at radius 3 is 2.68 bits per heavy atom. The number of aromatic hydroxyl groups is 1. The Morgan fingerprint density at radius 1 is 1.20 bits per heavy atom. The summed E-state index contributed by atoms with van der Waals surface area (Å²) in [5, 5.41) is 16.5. The number of phenols is 1. The van der Waals surface area contributed by atoms with Gasteiger partial charge in [0.15, 0.2) is 11.5 Å². The van der Waals surface area contributed by atoms with Crippen LogP contribution >= 0.6 is 11.6 Å². The van der Waals surface area contributed by atoms with E-state index in [-0.39, 0.29) is 11.5 Å². The zero-order valence-electron chi connectivity index (χ0n) is 13.3. The summed E-state index contributed by atoms with van der Waals surface area (Å²) < 4.78 is 4.97. The Balaban J connectivity index is 1.88. The van der Waals surface area contributed by atoms with E-state index in [1.165, 1.54) is 13.3 Å². The van der Waals surface area contributed by atoms with Crippen LogP contribution in [0.15, 0.2) is 47.6 Å². The number of para-hydroxylation sites is 2. The number of anilines is 1. The van der Waals surface area contributed by atoms with Gasteiger partial charge in [-0.3, -0.25) is 9.59 Å². The molecular formula is C17H16ClN3O4. The molecule has 0 heterocycles. The fourth-order valence-electron chi connectivity index (χ4n) is 1.92. The van der Waals surface area contributed by atoms with Gasteiger partial charge < -0.3 is 15.2 Å². The highest BCUT2D eigenvalue weighted by Gasteiger charge is 2.10. The second kappa shape index (κ2) is 8.70. The van der Waals surface area contributed by atoms with Crippen LogP contribution in [0.2, 0.25) is 5.02 Å². The summed E-state index contributed by atoms with van der Waals surface area (Å²) in [5.41, 5.74) is 3.00. The van der Waals surface area contributed by atoms with E-state index < -0.39 is 18.2 Å². The topological polar surface area (TPSA) is 100 Å². The summed E-state index contributed by atoms with van der Waals surface area (Å²) in [6.07, 6.45) is 0.828. The summed E-state index contributed by atoms with van der Waals surface area (Å²) in [4.78, 5) is 23.5. The molecule has 8 heteroatoms. The van der Waals surface area contributed by atoms with Gasteiger partial charge in [0, 0.05) is 5.56 Å². The third-order valence-electron chi connectivity index (χ3n) is 3.11. The van der Waals surface area contributed by atoms with Crippen molar-refractivity contribution < 1.29 is 19.4 Å². The molecule has 0 aromatic heterocycles. The van der Waals surface area contributed by atoms with Gasteiger partial charge in [0.25, 0.3) is 0 Å². The lowest BCUT2D eigenvalue weighted by Crippen LogP contribution is -2.24. The number of methoxy groups -OCH3 is 1. The van der Waals surface area contributed by atoms with Gasteiger partial charge in [0.2, 0.25) is 11.8 Å². The SMILES string of the molecule is COc1cccc(/C=N/NC(=O)CC(=O)Nc2ccccc2Cl)c1O. The quantitative estimate of drug-likeness (QED) is 0.418. The molecule has 7 nitrogen and oxygen atoms in total. The number of nitrogens with zero attached hydrogens (tertiary/aromatic N) is 1. The van der Waals surface area contributed by atoms with Gasteiger partial charge in [-0.2, -0.15) is 5.10 Å². The van der Waals surface area contributed by atoms with Crippen LogP contribution in [0.5, 0.6) is 11.5 Å². The van der Waals surface area contributed by atoms with Crippen molar-refractivity contribution in [3.63, 3.8) is 0 Å². The van der Waals surface area contributed by atoms with Gasteiger partial charge in [0.1, 0.15) is 6.42 Å². The Morgan fingerprint density at radius 2 is 1.96 bits per heavy atom. The summed E-state index contributed by atoms with van der Waals surface area (Å²) in [5.74, 6) is -0.943. The summed E-state index contributed by atoms with van der Waals surface area (Å²) >= 11 is 5.92. The molecule has 0 bridgehead atoms. The summed E-state index contributed by atoms with van der Waals surface area (Å²) in [6, 6.07) is 11.5.